The van der Waals surface area contributed by atoms with E-state index in [1.807, 2.05) is 44.2 Å². The van der Waals surface area contributed by atoms with E-state index in [0.717, 1.165) is 16.1 Å². The van der Waals surface area contributed by atoms with E-state index in [9.17, 15) is 18.0 Å². The Morgan fingerprint density at radius 1 is 0.951 bits per heavy atom. The molecule has 1 N–H and O–H groups in total. The Morgan fingerprint density at radius 2 is 1.63 bits per heavy atom. The molecule has 3 aromatic rings. The van der Waals surface area contributed by atoms with Gasteiger partial charge in [-0.15, -0.1) is 0 Å². The molecule has 0 radical (unpaired) electrons. The Kier molecular flexibility index (Phi) is 11.5. The SMILES string of the molecule is CC[C@@H](C)NC(=O)[C@H](Cc1ccccc1)N(Cc1ccc(Cl)cc1Cl)C(=O)CN(c1cccc(Cl)c1C)S(C)(=O)=O. The van der Waals surface area contributed by atoms with Crippen molar-refractivity contribution in [3.63, 3.8) is 0 Å². The first-order chi connectivity index (χ1) is 19.3. The van der Waals surface area contributed by atoms with E-state index in [2.05, 4.69) is 5.32 Å². The Bertz CT molecular complexity index is 1490. The van der Waals surface area contributed by atoms with Crippen molar-refractivity contribution < 1.29 is 18.0 Å². The summed E-state index contributed by atoms with van der Waals surface area (Å²) >= 11 is 18.9. The van der Waals surface area contributed by atoms with E-state index in [-0.39, 0.29) is 30.6 Å². The molecule has 3 rings (SSSR count). The summed E-state index contributed by atoms with van der Waals surface area (Å²) in [6.07, 6.45) is 1.92. The first-order valence-electron chi connectivity index (χ1n) is 13.1. The van der Waals surface area contributed by atoms with Gasteiger partial charge in [-0.2, -0.15) is 0 Å². The Hall–Kier alpha value is -2.78. The minimum Gasteiger partial charge on any atom is -0.352 e. The molecule has 0 aliphatic rings. The minimum atomic E-state index is -3.92. The van der Waals surface area contributed by atoms with Crippen molar-refractivity contribution in [1.29, 1.82) is 0 Å². The summed E-state index contributed by atoms with van der Waals surface area (Å²) in [7, 11) is -3.92. The summed E-state index contributed by atoms with van der Waals surface area (Å²) < 4.78 is 27.0. The molecule has 3 aromatic carbocycles. The highest BCUT2D eigenvalue weighted by atomic mass is 35.5. The monoisotopic (exact) mass is 637 g/mol. The third-order valence-corrected chi connectivity index (χ3v) is 8.94. The lowest BCUT2D eigenvalue weighted by atomic mass is 10.0. The second kappa shape index (κ2) is 14.4. The molecule has 0 aliphatic carbocycles. The van der Waals surface area contributed by atoms with Crippen LogP contribution >= 0.6 is 34.8 Å². The van der Waals surface area contributed by atoms with Crippen LogP contribution in [0.2, 0.25) is 15.1 Å². The first-order valence-corrected chi connectivity index (χ1v) is 16.1. The van der Waals surface area contributed by atoms with Gasteiger partial charge in [0, 0.05) is 34.1 Å². The predicted molar refractivity (Wildman–Crippen MR) is 167 cm³/mol. The topological polar surface area (TPSA) is 86.8 Å². The van der Waals surface area contributed by atoms with E-state index in [1.165, 1.54) is 4.90 Å². The number of carbonyl (C=O) groups is 2. The average Bonchev–Trinajstić information content (AvgIpc) is 2.91. The lowest BCUT2D eigenvalue weighted by Crippen LogP contribution is -2.54. The number of benzene rings is 3. The molecule has 7 nitrogen and oxygen atoms in total. The lowest BCUT2D eigenvalue weighted by Gasteiger charge is -2.34. The van der Waals surface area contributed by atoms with E-state index in [0.29, 0.717) is 32.6 Å². The van der Waals surface area contributed by atoms with Gasteiger partial charge < -0.3 is 10.2 Å². The summed E-state index contributed by atoms with van der Waals surface area (Å²) in [6.45, 7) is 4.92. The lowest BCUT2D eigenvalue weighted by molar-refractivity contribution is -0.140. The quantitative estimate of drug-likeness (QED) is 0.253. The van der Waals surface area contributed by atoms with Gasteiger partial charge in [0.25, 0.3) is 0 Å². The number of hydrogen-bond acceptors (Lipinski definition) is 4. The van der Waals surface area contributed by atoms with Crippen LogP contribution in [0.1, 0.15) is 37.0 Å². The zero-order valence-electron chi connectivity index (χ0n) is 23.4. The van der Waals surface area contributed by atoms with Crippen LogP contribution in [0.5, 0.6) is 0 Å². The van der Waals surface area contributed by atoms with Crippen molar-refractivity contribution in [2.24, 2.45) is 0 Å². The van der Waals surface area contributed by atoms with Gasteiger partial charge in [0.2, 0.25) is 21.8 Å². The fourth-order valence-electron chi connectivity index (χ4n) is 4.29. The molecule has 11 heteroatoms. The molecule has 0 saturated carbocycles. The highest BCUT2D eigenvalue weighted by Gasteiger charge is 2.34. The number of nitrogens with zero attached hydrogens (tertiary/aromatic N) is 2. The number of amides is 2. The summed E-state index contributed by atoms with van der Waals surface area (Å²) in [5, 5.41) is 4.10. The van der Waals surface area contributed by atoms with Crippen molar-refractivity contribution >= 4 is 62.3 Å². The van der Waals surface area contributed by atoms with Gasteiger partial charge in [0.1, 0.15) is 12.6 Å². The summed E-state index contributed by atoms with van der Waals surface area (Å²) in [5.41, 5.74) is 2.18. The molecular formula is C30H34Cl3N3O4S. The molecule has 0 aromatic heterocycles. The molecule has 0 spiro atoms. The maximum absolute atomic E-state index is 14.2. The zero-order valence-corrected chi connectivity index (χ0v) is 26.5. The van der Waals surface area contributed by atoms with Crippen LogP contribution < -0.4 is 9.62 Å². The van der Waals surface area contributed by atoms with Gasteiger partial charge in [0.15, 0.2) is 0 Å². The average molecular weight is 639 g/mol. The third-order valence-electron chi connectivity index (χ3n) is 6.81. The van der Waals surface area contributed by atoms with Crippen molar-refractivity contribution in [2.75, 3.05) is 17.1 Å². The van der Waals surface area contributed by atoms with Crippen LogP contribution in [0.3, 0.4) is 0 Å². The molecule has 2 atom stereocenters. The minimum absolute atomic E-state index is 0.0492. The standard InChI is InChI=1S/C30H34Cl3N3O4S/c1-5-20(2)34-30(38)28(16-22-10-7-6-8-11-22)35(18-23-14-15-24(31)17-26(23)33)29(37)19-36(41(4,39)40)27-13-9-12-25(32)21(27)3/h6-15,17,20,28H,5,16,18-19H2,1-4H3,(H,34,38)/t20-,28+/m1/s1. The van der Waals surface area contributed by atoms with Crippen LogP contribution in [0.15, 0.2) is 66.7 Å². The molecule has 0 saturated heterocycles. The van der Waals surface area contributed by atoms with Gasteiger partial charge in [-0.25, -0.2) is 8.42 Å². The number of sulfonamides is 1. The third kappa shape index (κ3) is 8.85. The van der Waals surface area contributed by atoms with Crippen LogP contribution in [0, 0.1) is 6.92 Å². The maximum Gasteiger partial charge on any atom is 0.244 e. The number of anilines is 1. The number of carbonyl (C=O) groups excluding carboxylic acids is 2. The summed E-state index contributed by atoms with van der Waals surface area (Å²) in [4.78, 5) is 29.3. The second-order valence-electron chi connectivity index (χ2n) is 9.93. The van der Waals surface area contributed by atoms with Crippen molar-refractivity contribution in [3.8, 4) is 0 Å². The molecule has 0 unspecified atom stereocenters. The van der Waals surface area contributed by atoms with Gasteiger partial charge in [0.05, 0.1) is 11.9 Å². The van der Waals surface area contributed by atoms with Crippen molar-refractivity contribution in [1.82, 2.24) is 10.2 Å². The molecule has 220 valence electrons. The normalized spacial score (nSPS) is 12.9. The number of halogens is 3. The van der Waals surface area contributed by atoms with E-state index in [4.69, 9.17) is 34.8 Å². The van der Waals surface area contributed by atoms with Gasteiger partial charge >= 0.3 is 0 Å². The van der Waals surface area contributed by atoms with E-state index < -0.39 is 28.5 Å². The number of rotatable bonds is 12. The predicted octanol–water partition coefficient (Wildman–Crippen LogP) is 6.28. The summed E-state index contributed by atoms with van der Waals surface area (Å²) in [5.74, 6) is -0.937. The number of hydrogen-bond donors (Lipinski definition) is 1. The fraction of sp³-hybridized carbons (Fsp3) is 0.333. The zero-order chi connectivity index (χ0) is 30.3. The van der Waals surface area contributed by atoms with E-state index in [1.54, 1.807) is 43.3 Å². The molecule has 0 aliphatic heterocycles. The highest BCUT2D eigenvalue weighted by molar-refractivity contribution is 7.92. The van der Waals surface area contributed by atoms with Gasteiger partial charge in [-0.3, -0.25) is 13.9 Å². The van der Waals surface area contributed by atoms with Crippen LogP contribution in [0.25, 0.3) is 0 Å². The van der Waals surface area contributed by atoms with Crippen LogP contribution in [-0.4, -0.2) is 50.0 Å². The molecule has 0 bridgehead atoms. The molecule has 0 heterocycles. The molecule has 2 amide bonds. The smallest absolute Gasteiger partial charge is 0.244 e. The Labute approximate surface area is 257 Å². The Morgan fingerprint density at radius 3 is 2.24 bits per heavy atom. The maximum atomic E-state index is 14.2. The van der Waals surface area contributed by atoms with Crippen molar-refractivity contribution in [3.05, 3.63) is 98.5 Å². The van der Waals surface area contributed by atoms with E-state index >= 15 is 0 Å². The summed E-state index contributed by atoms with van der Waals surface area (Å²) in [6, 6.07) is 18.0. The first kappa shape index (κ1) is 32.7. The van der Waals surface area contributed by atoms with Gasteiger partial charge in [-0.05, 0) is 61.2 Å². The highest BCUT2D eigenvalue weighted by Crippen LogP contribution is 2.29. The van der Waals surface area contributed by atoms with Crippen molar-refractivity contribution in [2.45, 2.75) is 52.2 Å². The Balaban J connectivity index is 2.12. The molecular weight excluding hydrogens is 605 g/mol. The van der Waals surface area contributed by atoms with Crippen LogP contribution in [0.4, 0.5) is 5.69 Å². The molecule has 41 heavy (non-hydrogen) atoms. The second-order valence-corrected chi connectivity index (χ2v) is 13.1. The molecule has 0 fully saturated rings. The fourth-order valence-corrected chi connectivity index (χ4v) is 5.83. The van der Waals surface area contributed by atoms with Crippen LogP contribution in [-0.2, 0) is 32.6 Å². The number of nitrogens with one attached hydrogen (secondary N) is 1. The van der Waals surface area contributed by atoms with Gasteiger partial charge in [-0.1, -0.05) is 84.2 Å². The largest absolute Gasteiger partial charge is 0.352 e.